The second kappa shape index (κ2) is 21.8. The van der Waals surface area contributed by atoms with E-state index in [2.05, 4.69) is 41.7 Å². The summed E-state index contributed by atoms with van der Waals surface area (Å²) in [4.78, 5) is 78.3. The fraction of sp³-hybridized carbons (Fsp3) is 0.217. The Morgan fingerprint density at radius 3 is 1.17 bits per heavy atom. The van der Waals surface area contributed by atoms with Gasteiger partial charge in [-0.15, -0.1) is 23.2 Å². The Labute approximate surface area is 389 Å². The monoisotopic (exact) mass is 942 g/mol. The highest BCUT2D eigenvalue weighted by atomic mass is 35.5. The van der Waals surface area contributed by atoms with E-state index in [1.165, 1.54) is 50.2 Å². The number of rotatable bonds is 16. The number of alkyl halides is 2. The van der Waals surface area contributed by atoms with Crippen molar-refractivity contribution in [1.82, 2.24) is 0 Å². The average Bonchev–Trinajstić information content (AvgIpc) is 3.23. The number of amides is 4. The summed E-state index contributed by atoms with van der Waals surface area (Å²) in [5.41, 5.74) is 4.63. The topological polar surface area (TPSA) is 200 Å². The summed E-state index contributed by atoms with van der Waals surface area (Å²) in [6.45, 7) is 9.33. The highest BCUT2D eigenvalue weighted by Crippen LogP contribution is 2.32. The molecule has 0 aromatic heterocycles. The van der Waals surface area contributed by atoms with Gasteiger partial charge in [0.1, 0.15) is 11.4 Å². The van der Waals surface area contributed by atoms with Crippen LogP contribution in [-0.4, -0.2) is 47.3 Å². The van der Waals surface area contributed by atoms with Crippen molar-refractivity contribution in [3.05, 3.63) is 140 Å². The number of Topliss-reactive ketones (excluding diaryl/α,β-unsaturated/α-hetero) is 2. The molecule has 64 heavy (non-hydrogen) atoms. The lowest BCUT2D eigenvalue weighted by molar-refractivity contribution is -0.127. The minimum Gasteiger partial charge on any atom is -0.324 e. The number of aryl methyl sites for hydroxylation is 2. The van der Waals surface area contributed by atoms with Gasteiger partial charge in [-0.1, -0.05) is 59.6 Å². The maximum Gasteiger partial charge on any atom is 0.258 e. The van der Waals surface area contributed by atoms with Gasteiger partial charge in [-0.2, -0.15) is 20.5 Å². The zero-order valence-corrected chi connectivity index (χ0v) is 38.3. The molecule has 0 fully saturated rings. The average molecular weight is 945 g/mol. The fourth-order valence-electron chi connectivity index (χ4n) is 5.97. The molecule has 4 amide bonds. The van der Waals surface area contributed by atoms with Crippen molar-refractivity contribution in [2.45, 2.75) is 64.4 Å². The predicted octanol–water partition coefficient (Wildman–Crippen LogP) is 12.1. The molecule has 14 nitrogen and oxygen atoms in total. The Balaban J connectivity index is 1.25. The lowest BCUT2D eigenvalue weighted by atomic mass is 10.1. The number of halogens is 4. The Morgan fingerprint density at radius 2 is 0.859 bits per heavy atom. The van der Waals surface area contributed by atoms with E-state index < -0.39 is 47.3 Å². The van der Waals surface area contributed by atoms with Crippen molar-refractivity contribution >= 4 is 116 Å². The van der Waals surface area contributed by atoms with Crippen LogP contribution in [0.1, 0.15) is 81.4 Å². The van der Waals surface area contributed by atoms with Crippen LogP contribution >= 0.6 is 46.4 Å². The Kier molecular flexibility index (Phi) is 16.6. The van der Waals surface area contributed by atoms with Gasteiger partial charge in [0.2, 0.25) is 12.1 Å². The molecule has 0 saturated heterocycles. The zero-order chi connectivity index (χ0) is 46.8. The summed E-state index contributed by atoms with van der Waals surface area (Å²) in [6.07, 6.45) is 0. The lowest BCUT2D eigenvalue weighted by Crippen LogP contribution is -2.32. The molecule has 0 bridgehead atoms. The summed E-state index contributed by atoms with van der Waals surface area (Å²) < 4.78 is 0. The third kappa shape index (κ3) is 12.4. The quantitative estimate of drug-likeness (QED) is 0.0431. The normalized spacial score (nSPS) is 13.2. The highest BCUT2D eigenvalue weighted by molar-refractivity contribution is 6.37. The first kappa shape index (κ1) is 48.7. The van der Waals surface area contributed by atoms with E-state index >= 15 is 0 Å². The van der Waals surface area contributed by atoms with Crippen molar-refractivity contribution in [1.29, 1.82) is 0 Å². The molecule has 0 aliphatic carbocycles. The van der Waals surface area contributed by atoms with Crippen LogP contribution in [0.5, 0.6) is 0 Å². The van der Waals surface area contributed by atoms with E-state index in [1.807, 2.05) is 13.8 Å². The second-order valence-corrected chi connectivity index (χ2v) is 16.6. The number of benzene rings is 5. The van der Waals surface area contributed by atoms with Crippen LogP contribution in [0.3, 0.4) is 0 Å². The molecule has 0 spiro atoms. The van der Waals surface area contributed by atoms with Crippen LogP contribution in [0.15, 0.2) is 118 Å². The zero-order valence-electron chi connectivity index (χ0n) is 35.3. The first-order valence-electron chi connectivity index (χ1n) is 19.6. The smallest absolute Gasteiger partial charge is 0.258 e. The highest BCUT2D eigenvalue weighted by Gasteiger charge is 2.27. The molecule has 4 unspecified atom stereocenters. The van der Waals surface area contributed by atoms with Crippen molar-refractivity contribution in [2.75, 3.05) is 21.3 Å². The molecule has 0 heterocycles. The third-order valence-corrected chi connectivity index (χ3v) is 10.9. The van der Waals surface area contributed by atoms with Gasteiger partial charge < -0.3 is 21.3 Å². The fourth-order valence-corrected chi connectivity index (χ4v) is 6.76. The van der Waals surface area contributed by atoms with Crippen molar-refractivity contribution < 1.29 is 28.8 Å². The number of carbonyl (C=O) groups excluding carboxylic acids is 6. The van der Waals surface area contributed by atoms with Gasteiger partial charge in [0.25, 0.3) is 23.6 Å². The van der Waals surface area contributed by atoms with Crippen molar-refractivity contribution in [3.63, 3.8) is 0 Å². The molecule has 5 rings (SSSR count). The van der Waals surface area contributed by atoms with Gasteiger partial charge in [-0.05, 0) is 124 Å². The van der Waals surface area contributed by atoms with Gasteiger partial charge in [-0.25, -0.2) is 0 Å². The van der Waals surface area contributed by atoms with E-state index in [0.717, 1.165) is 11.1 Å². The van der Waals surface area contributed by atoms with Gasteiger partial charge >= 0.3 is 0 Å². The molecular formula is C46H42Cl4N8O6. The minimum atomic E-state index is -1.58. The van der Waals surface area contributed by atoms with Crippen molar-refractivity contribution in [3.8, 4) is 0 Å². The largest absolute Gasteiger partial charge is 0.324 e. The number of ketones is 2. The molecule has 5 aromatic rings. The Hall–Kier alpha value is -6.32. The molecule has 5 aromatic carbocycles. The van der Waals surface area contributed by atoms with Crippen LogP contribution < -0.4 is 21.3 Å². The summed E-state index contributed by atoms with van der Waals surface area (Å²) >= 11 is 25.3. The molecule has 0 saturated carbocycles. The van der Waals surface area contributed by atoms with Gasteiger partial charge in [-0.3, -0.25) is 28.8 Å². The first-order chi connectivity index (χ1) is 30.3. The van der Waals surface area contributed by atoms with E-state index in [9.17, 15) is 28.8 Å². The van der Waals surface area contributed by atoms with Crippen LogP contribution in [0.4, 0.5) is 34.1 Å². The van der Waals surface area contributed by atoms with Gasteiger partial charge in [0.05, 0.1) is 31.9 Å². The van der Waals surface area contributed by atoms with E-state index in [1.54, 1.807) is 74.5 Å². The maximum atomic E-state index is 13.4. The molecular weight excluding hydrogens is 902 g/mol. The first-order valence-corrected chi connectivity index (χ1v) is 21.2. The van der Waals surface area contributed by atoms with Crippen LogP contribution in [-0.2, 0) is 19.2 Å². The lowest BCUT2D eigenvalue weighted by Gasteiger charge is -2.16. The number of anilines is 4. The molecule has 4 atom stereocenters. The molecule has 330 valence electrons. The number of carbonyl (C=O) groups is 6. The number of nitrogens with one attached hydrogen (secondary N) is 4. The number of hydrogen-bond donors (Lipinski definition) is 4. The van der Waals surface area contributed by atoms with E-state index in [0.29, 0.717) is 33.9 Å². The Morgan fingerprint density at radius 1 is 0.516 bits per heavy atom. The number of nitrogens with zero attached hydrogens (tertiary/aromatic N) is 4. The van der Waals surface area contributed by atoms with Crippen LogP contribution in [0.2, 0.25) is 10.0 Å². The molecule has 0 aliphatic heterocycles. The molecule has 4 N–H and O–H groups in total. The van der Waals surface area contributed by atoms with Crippen molar-refractivity contribution in [2.24, 2.45) is 20.5 Å². The van der Waals surface area contributed by atoms with E-state index in [4.69, 9.17) is 46.4 Å². The summed E-state index contributed by atoms with van der Waals surface area (Å²) in [5, 5.41) is 26.5. The van der Waals surface area contributed by atoms with Crippen LogP contribution in [0.25, 0.3) is 0 Å². The number of hydrogen-bond acceptors (Lipinski definition) is 10. The summed E-state index contributed by atoms with van der Waals surface area (Å²) in [7, 11) is 0. The molecule has 0 radical (unpaired) electrons. The Bertz CT molecular complexity index is 2490. The molecule has 18 heteroatoms. The van der Waals surface area contributed by atoms with Gasteiger partial charge in [0.15, 0.2) is 11.6 Å². The summed E-state index contributed by atoms with van der Waals surface area (Å²) in [6, 6.07) is 23.0. The second-order valence-electron chi connectivity index (χ2n) is 14.6. The minimum absolute atomic E-state index is 0.0476. The third-order valence-electron chi connectivity index (χ3n) is 9.62. The SMILES string of the molecule is CC(=O)C(N=Nc1cccc(C(=O)Nc2ccc(C(C)Cl)cc2)c1Cl)C(=O)Nc1cc(C)c(NC(=O)C(N=Nc2cccc(C(=O)Nc3ccc(C(C)Cl)cc3)c2Cl)C(C)=O)cc1C. The maximum absolute atomic E-state index is 13.4. The van der Waals surface area contributed by atoms with E-state index in [-0.39, 0.29) is 43.3 Å². The summed E-state index contributed by atoms with van der Waals surface area (Å²) in [5.74, 6) is -3.88. The van der Waals surface area contributed by atoms with Crippen LogP contribution in [0, 0.1) is 13.8 Å². The molecule has 0 aliphatic rings. The van der Waals surface area contributed by atoms with Gasteiger partial charge in [0, 0.05) is 22.7 Å². The standard InChI is InChI=1S/C46H42Cl4N8O6/c1-23-21-38(54-46(64)42(28(6)60)58-56-36-12-8-10-34(40(36)50)44(62)52-32-19-15-30(16-20-32)26(4)48)24(2)22-37(23)53-45(63)41(27(5)59)57-55-35-11-7-9-33(39(35)49)43(61)51-31-17-13-29(14-18-31)25(3)47/h7-22,25-26,41-42H,1-6H3,(H,51,61)(H,52,62)(H,53,63)(H,54,64). The number of azo groups is 2. The predicted molar refractivity (Wildman–Crippen MR) is 251 cm³/mol.